The number of ether oxygens (including phenoxy) is 2. The van der Waals surface area contributed by atoms with Gasteiger partial charge in [0.15, 0.2) is 0 Å². The van der Waals surface area contributed by atoms with Crippen LogP contribution in [0.15, 0.2) is 24.3 Å². The zero-order valence-corrected chi connectivity index (χ0v) is 22.5. The van der Waals surface area contributed by atoms with Crippen LogP contribution in [0, 0.1) is 11.8 Å². The number of hydrogen-bond donors (Lipinski definition) is 1. The van der Waals surface area contributed by atoms with E-state index in [4.69, 9.17) is 25.9 Å². The number of nitrogens with zero attached hydrogens (tertiary/aromatic N) is 3. The van der Waals surface area contributed by atoms with Crippen molar-refractivity contribution in [2.45, 2.75) is 51.6 Å². The second-order valence-corrected chi connectivity index (χ2v) is 9.91. The smallest absolute Gasteiger partial charge is 0.433 e. The normalized spacial score (nSPS) is 21.1. The van der Waals surface area contributed by atoms with E-state index in [1.807, 2.05) is 30.0 Å². The van der Waals surface area contributed by atoms with Crippen molar-refractivity contribution in [2.75, 3.05) is 53.6 Å². The van der Waals surface area contributed by atoms with Crippen LogP contribution in [-0.4, -0.2) is 80.6 Å². The summed E-state index contributed by atoms with van der Waals surface area (Å²) in [6.45, 7) is 5.69. The minimum absolute atomic E-state index is 0.0158. The van der Waals surface area contributed by atoms with E-state index in [0.717, 1.165) is 50.9 Å². The number of urea groups is 1. The lowest BCUT2D eigenvalue weighted by Gasteiger charge is -2.40. The SMILES string of the molecule is CCN(O[C@@H](c1cccc(Cl)c1)C1CCCN(C(=O)N(CCCC2CCCOC2)NC)C1)C(=O)OC. The van der Waals surface area contributed by atoms with Gasteiger partial charge in [0, 0.05) is 57.4 Å². The maximum absolute atomic E-state index is 13.4. The molecule has 1 N–H and O–H groups in total. The van der Waals surface area contributed by atoms with Crippen molar-refractivity contribution in [3.05, 3.63) is 34.9 Å². The van der Waals surface area contributed by atoms with Crippen LogP contribution in [0.4, 0.5) is 9.59 Å². The lowest BCUT2D eigenvalue weighted by atomic mass is 9.88. The zero-order chi connectivity index (χ0) is 25.9. The lowest BCUT2D eigenvalue weighted by Crippen LogP contribution is -2.52. The first-order valence-electron chi connectivity index (χ1n) is 13.1. The van der Waals surface area contributed by atoms with Crippen LogP contribution >= 0.6 is 11.6 Å². The fourth-order valence-electron chi connectivity index (χ4n) is 5.07. The number of benzene rings is 1. The van der Waals surface area contributed by atoms with Gasteiger partial charge in [-0.05, 0) is 69.1 Å². The second kappa shape index (κ2) is 14.6. The number of carbonyl (C=O) groups excluding carboxylic acids is 2. The number of carbonyl (C=O) groups is 2. The van der Waals surface area contributed by atoms with Crippen LogP contribution in [-0.2, 0) is 14.3 Å². The Bertz CT molecular complexity index is 838. The molecule has 0 saturated carbocycles. The van der Waals surface area contributed by atoms with Gasteiger partial charge in [-0.3, -0.25) is 9.85 Å². The second-order valence-electron chi connectivity index (χ2n) is 9.48. The lowest BCUT2D eigenvalue weighted by molar-refractivity contribution is -0.193. The molecule has 10 heteroatoms. The Morgan fingerprint density at radius 3 is 2.81 bits per heavy atom. The van der Waals surface area contributed by atoms with Crippen LogP contribution in [0.25, 0.3) is 0 Å². The Kier molecular flexibility index (Phi) is 11.6. The van der Waals surface area contributed by atoms with Crippen molar-refractivity contribution in [1.82, 2.24) is 20.4 Å². The van der Waals surface area contributed by atoms with Crippen molar-refractivity contribution in [3.8, 4) is 0 Å². The van der Waals surface area contributed by atoms with E-state index in [2.05, 4.69) is 5.43 Å². The van der Waals surface area contributed by atoms with E-state index in [9.17, 15) is 9.59 Å². The number of methoxy groups -OCH3 is 1. The highest BCUT2D eigenvalue weighted by atomic mass is 35.5. The molecular formula is C26H41ClN4O5. The van der Waals surface area contributed by atoms with Crippen molar-refractivity contribution >= 4 is 23.7 Å². The van der Waals surface area contributed by atoms with E-state index in [1.54, 1.807) is 18.1 Å². The molecule has 2 aliphatic heterocycles. The first-order valence-corrected chi connectivity index (χ1v) is 13.4. The molecule has 1 aromatic rings. The highest BCUT2D eigenvalue weighted by molar-refractivity contribution is 6.30. The third-order valence-electron chi connectivity index (χ3n) is 6.99. The van der Waals surface area contributed by atoms with Gasteiger partial charge in [-0.15, -0.1) is 0 Å². The molecular weight excluding hydrogens is 484 g/mol. The number of likely N-dealkylation sites (tertiary alicyclic amines) is 1. The maximum atomic E-state index is 13.4. The summed E-state index contributed by atoms with van der Waals surface area (Å²) in [5, 5.41) is 3.52. The quantitative estimate of drug-likeness (QED) is 0.439. The molecule has 2 saturated heterocycles. The fourth-order valence-corrected chi connectivity index (χ4v) is 5.26. The third-order valence-corrected chi connectivity index (χ3v) is 7.22. The highest BCUT2D eigenvalue weighted by Crippen LogP contribution is 2.35. The summed E-state index contributed by atoms with van der Waals surface area (Å²) in [6.07, 6.45) is 5.00. The average molecular weight is 525 g/mol. The topological polar surface area (TPSA) is 83.6 Å². The first-order chi connectivity index (χ1) is 17.5. The Morgan fingerprint density at radius 2 is 2.14 bits per heavy atom. The number of hydroxylamine groups is 2. The largest absolute Gasteiger partial charge is 0.451 e. The molecule has 2 aliphatic rings. The molecule has 9 nitrogen and oxygen atoms in total. The predicted octanol–water partition coefficient (Wildman–Crippen LogP) is 4.88. The van der Waals surface area contributed by atoms with E-state index < -0.39 is 12.2 Å². The Balaban J connectivity index is 1.67. The summed E-state index contributed by atoms with van der Waals surface area (Å²) >= 11 is 6.28. The molecule has 0 aromatic heterocycles. The molecule has 0 spiro atoms. The number of amides is 3. The summed E-state index contributed by atoms with van der Waals surface area (Å²) < 4.78 is 10.5. The van der Waals surface area contributed by atoms with E-state index in [0.29, 0.717) is 37.1 Å². The first kappa shape index (κ1) is 28.5. The zero-order valence-electron chi connectivity index (χ0n) is 21.8. The number of rotatable bonds is 10. The van der Waals surface area contributed by atoms with E-state index >= 15 is 0 Å². The molecule has 36 heavy (non-hydrogen) atoms. The summed E-state index contributed by atoms with van der Waals surface area (Å²) in [5.41, 5.74) is 3.94. The van der Waals surface area contributed by atoms with Crippen molar-refractivity contribution in [3.63, 3.8) is 0 Å². The Morgan fingerprint density at radius 1 is 1.31 bits per heavy atom. The monoisotopic (exact) mass is 524 g/mol. The van der Waals surface area contributed by atoms with Gasteiger partial charge in [-0.25, -0.2) is 15.0 Å². The molecule has 2 fully saturated rings. The van der Waals surface area contributed by atoms with Crippen LogP contribution in [0.2, 0.25) is 5.02 Å². The van der Waals surface area contributed by atoms with E-state index in [1.165, 1.54) is 18.6 Å². The van der Waals surface area contributed by atoms with Crippen molar-refractivity contribution in [1.29, 1.82) is 0 Å². The number of hydrazine groups is 1. The average Bonchev–Trinajstić information content (AvgIpc) is 2.91. The molecule has 202 valence electrons. The predicted molar refractivity (Wildman–Crippen MR) is 138 cm³/mol. The fraction of sp³-hybridized carbons (Fsp3) is 0.692. The van der Waals surface area contributed by atoms with Crippen LogP contribution in [0.3, 0.4) is 0 Å². The molecule has 3 amide bonds. The van der Waals surface area contributed by atoms with Crippen LogP contribution in [0.5, 0.6) is 0 Å². The molecule has 1 aromatic carbocycles. The van der Waals surface area contributed by atoms with Gasteiger partial charge < -0.3 is 14.4 Å². The molecule has 2 unspecified atom stereocenters. The Labute approximate surface area is 219 Å². The minimum Gasteiger partial charge on any atom is -0.451 e. The van der Waals surface area contributed by atoms with Crippen LogP contribution in [0.1, 0.15) is 57.1 Å². The molecule has 3 atom stereocenters. The maximum Gasteiger partial charge on any atom is 0.433 e. The standard InChI is InChI=1S/C26H41ClN4O5/c1-4-31(26(33)34-3)36-24(21-11-5-13-23(27)17-21)22-12-7-14-29(18-22)25(32)30(28-2)15-6-9-20-10-8-16-35-19-20/h5,11,13,17,20,22,24,28H,4,6-10,12,14-16,18-19H2,1-3H3/t20?,22?,24-/m0/s1. The third kappa shape index (κ3) is 7.96. The van der Waals surface area contributed by atoms with Gasteiger partial charge in [-0.1, -0.05) is 23.7 Å². The summed E-state index contributed by atoms with van der Waals surface area (Å²) in [4.78, 5) is 33.7. The van der Waals surface area contributed by atoms with Crippen molar-refractivity contribution in [2.24, 2.45) is 11.8 Å². The van der Waals surface area contributed by atoms with Gasteiger partial charge in [0.25, 0.3) is 0 Å². The van der Waals surface area contributed by atoms with Gasteiger partial charge in [0.2, 0.25) is 0 Å². The van der Waals surface area contributed by atoms with Gasteiger partial charge in [0.1, 0.15) is 6.10 Å². The highest BCUT2D eigenvalue weighted by Gasteiger charge is 2.35. The van der Waals surface area contributed by atoms with E-state index in [-0.39, 0.29) is 11.9 Å². The molecule has 3 rings (SSSR count). The minimum atomic E-state index is -0.557. The summed E-state index contributed by atoms with van der Waals surface area (Å²) in [6, 6.07) is 7.44. The number of nitrogens with one attached hydrogen (secondary N) is 1. The van der Waals surface area contributed by atoms with Gasteiger partial charge >= 0.3 is 12.1 Å². The molecule has 0 radical (unpaired) electrons. The Hall–Kier alpha value is -2.07. The number of halogens is 1. The molecule has 2 heterocycles. The van der Waals surface area contributed by atoms with Crippen molar-refractivity contribution < 1.29 is 23.9 Å². The summed E-state index contributed by atoms with van der Waals surface area (Å²) in [5.74, 6) is 0.566. The number of hydrogen-bond acceptors (Lipinski definition) is 6. The summed E-state index contributed by atoms with van der Waals surface area (Å²) in [7, 11) is 3.12. The molecule has 0 bridgehead atoms. The van der Waals surface area contributed by atoms with Gasteiger partial charge in [0.05, 0.1) is 7.11 Å². The van der Waals surface area contributed by atoms with Gasteiger partial charge in [-0.2, -0.15) is 5.06 Å². The molecule has 0 aliphatic carbocycles. The number of piperidine rings is 1. The van der Waals surface area contributed by atoms with Crippen LogP contribution < -0.4 is 5.43 Å².